The van der Waals surface area contributed by atoms with Gasteiger partial charge in [-0.15, -0.1) is 0 Å². The number of hydrogen-bond donors (Lipinski definition) is 1. The van der Waals surface area contributed by atoms with Crippen LogP contribution in [0.4, 0.5) is 0 Å². The van der Waals surface area contributed by atoms with Gasteiger partial charge in [-0.05, 0) is 28.2 Å². The Balaban J connectivity index is 2.21. The van der Waals surface area contributed by atoms with Crippen LogP contribution in [0.15, 0.2) is 0 Å². The highest BCUT2D eigenvalue weighted by Gasteiger charge is 2.27. The second kappa shape index (κ2) is 6.43. The largest absolute Gasteiger partial charge is 0.379 e. The van der Waals surface area contributed by atoms with Gasteiger partial charge in [-0.2, -0.15) is 0 Å². The van der Waals surface area contributed by atoms with Crippen molar-refractivity contribution in [1.82, 2.24) is 15.1 Å². The Morgan fingerprint density at radius 2 is 1.93 bits per heavy atom. The van der Waals surface area contributed by atoms with Gasteiger partial charge < -0.3 is 19.9 Å². The van der Waals surface area contributed by atoms with Crippen molar-refractivity contribution in [2.45, 2.75) is 6.04 Å². The van der Waals surface area contributed by atoms with Gasteiger partial charge in [0.15, 0.2) is 0 Å². The third-order valence-electron chi connectivity index (χ3n) is 3.04. The Kier molecular flexibility index (Phi) is 5.53. The normalized spacial score (nSPS) is 26.8. The first-order valence-corrected chi connectivity index (χ1v) is 5.71. The van der Waals surface area contributed by atoms with E-state index in [0.29, 0.717) is 12.0 Å². The highest BCUT2D eigenvalue weighted by Crippen LogP contribution is 2.14. The third kappa shape index (κ3) is 4.47. The molecule has 0 radical (unpaired) electrons. The number of ether oxygens (including phenoxy) is 1. The van der Waals surface area contributed by atoms with Crippen LogP contribution in [-0.2, 0) is 4.74 Å². The van der Waals surface area contributed by atoms with Crippen molar-refractivity contribution in [2.24, 2.45) is 5.92 Å². The smallest absolute Gasteiger partial charge is 0.0623 e. The molecule has 1 aliphatic heterocycles. The fourth-order valence-electron chi connectivity index (χ4n) is 1.96. The average Bonchev–Trinajstić information content (AvgIpc) is 2.62. The topological polar surface area (TPSA) is 27.7 Å². The summed E-state index contributed by atoms with van der Waals surface area (Å²) in [7, 11) is 8.44. The molecule has 15 heavy (non-hydrogen) atoms. The summed E-state index contributed by atoms with van der Waals surface area (Å²) in [4.78, 5) is 4.61. The number of nitrogens with zero attached hydrogens (tertiary/aromatic N) is 2. The molecule has 4 nitrogen and oxygen atoms in total. The summed E-state index contributed by atoms with van der Waals surface area (Å²) >= 11 is 0. The van der Waals surface area contributed by atoms with Crippen molar-refractivity contribution in [1.29, 1.82) is 0 Å². The Bertz CT molecular complexity index is 175. The minimum Gasteiger partial charge on any atom is -0.379 e. The molecule has 0 aliphatic carbocycles. The van der Waals surface area contributed by atoms with Gasteiger partial charge in [-0.3, -0.25) is 0 Å². The second-order valence-electron chi connectivity index (χ2n) is 4.76. The van der Waals surface area contributed by atoms with Crippen molar-refractivity contribution in [3.8, 4) is 0 Å². The molecule has 1 aliphatic rings. The fraction of sp³-hybridized carbons (Fsp3) is 1.00. The van der Waals surface area contributed by atoms with Crippen LogP contribution in [0, 0.1) is 5.92 Å². The number of nitrogens with one attached hydrogen (secondary N) is 1. The first-order valence-electron chi connectivity index (χ1n) is 5.71. The van der Waals surface area contributed by atoms with E-state index in [9.17, 15) is 0 Å². The van der Waals surface area contributed by atoms with Crippen LogP contribution < -0.4 is 5.32 Å². The molecule has 1 N–H and O–H groups in total. The summed E-state index contributed by atoms with van der Waals surface area (Å²) in [6.45, 7) is 5.13. The Hall–Kier alpha value is -0.160. The first kappa shape index (κ1) is 12.9. The summed E-state index contributed by atoms with van der Waals surface area (Å²) in [6, 6.07) is 0.534. The lowest BCUT2D eigenvalue weighted by molar-refractivity contribution is 0.171. The molecule has 1 fully saturated rings. The van der Waals surface area contributed by atoms with Crippen molar-refractivity contribution in [2.75, 3.05) is 61.0 Å². The van der Waals surface area contributed by atoms with E-state index in [1.807, 2.05) is 7.05 Å². The molecule has 4 heteroatoms. The summed E-state index contributed by atoms with van der Waals surface area (Å²) in [6.07, 6.45) is 0. The maximum atomic E-state index is 5.49. The molecule has 0 aromatic rings. The molecule has 0 aromatic carbocycles. The molecular weight excluding hydrogens is 190 g/mol. The van der Waals surface area contributed by atoms with Crippen LogP contribution in [0.2, 0.25) is 0 Å². The molecule has 1 heterocycles. The highest BCUT2D eigenvalue weighted by molar-refractivity contribution is 4.82. The van der Waals surface area contributed by atoms with E-state index in [4.69, 9.17) is 4.74 Å². The average molecular weight is 215 g/mol. The molecule has 0 aromatic heterocycles. The van der Waals surface area contributed by atoms with Crippen LogP contribution in [-0.4, -0.2) is 76.9 Å². The molecule has 0 spiro atoms. The summed E-state index contributed by atoms with van der Waals surface area (Å²) in [5.74, 6) is 0.641. The lowest BCUT2D eigenvalue weighted by Crippen LogP contribution is -2.40. The molecular formula is C11H25N3O. The Morgan fingerprint density at radius 1 is 1.20 bits per heavy atom. The van der Waals surface area contributed by atoms with Crippen molar-refractivity contribution >= 4 is 0 Å². The first-order chi connectivity index (χ1) is 7.13. The zero-order valence-corrected chi connectivity index (χ0v) is 10.5. The predicted octanol–water partition coefficient (Wildman–Crippen LogP) is -0.286. The Morgan fingerprint density at radius 3 is 2.53 bits per heavy atom. The van der Waals surface area contributed by atoms with Crippen LogP contribution in [0.1, 0.15) is 0 Å². The molecule has 1 saturated heterocycles. The number of rotatable bonds is 6. The molecule has 1 rings (SSSR count). The molecule has 2 unspecified atom stereocenters. The maximum Gasteiger partial charge on any atom is 0.0623 e. The standard InChI is InChI=1S/C11H25N3O/c1-12-11-9-15-8-10(11)7-14(4)6-5-13(2)3/h10-12H,5-9H2,1-4H3. The van der Waals surface area contributed by atoms with Gasteiger partial charge >= 0.3 is 0 Å². The van der Waals surface area contributed by atoms with Crippen LogP contribution >= 0.6 is 0 Å². The van der Waals surface area contributed by atoms with E-state index in [0.717, 1.165) is 32.8 Å². The fourth-order valence-corrected chi connectivity index (χ4v) is 1.96. The zero-order valence-electron chi connectivity index (χ0n) is 10.5. The van der Waals surface area contributed by atoms with Crippen molar-refractivity contribution in [3.05, 3.63) is 0 Å². The third-order valence-corrected chi connectivity index (χ3v) is 3.04. The summed E-state index contributed by atoms with van der Waals surface area (Å²) in [5.41, 5.74) is 0. The minimum absolute atomic E-state index is 0.534. The molecule has 0 saturated carbocycles. The minimum atomic E-state index is 0.534. The van der Waals surface area contributed by atoms with Crippen molar-refractivity contribution < 1.29 is 4.74 Å². The van der Waals surface area contributed by atoms with Gasteiger partial charge in [-0.25, -0.2) is 0 Å². The zero-order chi connectivity index (χ0) is 11.3. The highest BCUT2D eigenvalue weighted by atomic mass is 16.5. The molecule has 2 atom stereocenters. The van der Waals surface area contributed by atoms with Gasteiger partial charge in [0.2, 0.25) is 0 Å². The lowest BCUT2D eigenvalue weighted by atomic mass is 10.0. The van der Waals surface area contributed by atoms with Gasteiger partial charge in [0.05, 0.1) is 13.2 Å². The van der Waals surface area contributed by atoms with Gasteiger partial charge in [0.25, 0.3) is 0 Å². The SMILES string of the molecule is CNC1COCC1CN(C)CCN(C)C. The van der Waals surface area contributed by atoms with Crippen LogP contribution in [0.3, 0.4) is 0 Å². The van der Waals surface area contributed by atoms with Crippen LogP contribution in [0.5, 0.6) is 0 Å². The van der Waals surface area contributed by atoms with E-state index in [1.54, 1.807) is 0 Å². The van der Waals surface area contributed by atoms with E-state index in [2.05, 4.69) is 36.3 Å². The second-order valence-corrected chi connectivity index (χ2v) is 4.76. The van der Waals surface area contributed by atoms with E-state index in [1.165, 1.54) is 0 Å². The van der Waals surface area contributed by atoms with E-state index < -0.39 is 0 Å². The summed E-state index contributed by atoms with van der Waals surface area (Å²) in [5, 5.41) is 3.32. The van der Waals surface area contributed by atoms with Gasteiger partial charge in [0, 0.05) is 31.6 Å². The maximum absolute atomic E-state index is 5.49. The Labute approximate surface area is 93.6 Å². The van der Waals surface area contributed by atoms with Gasteiger partial charge in [0.1, 0.15) is 0 Å². The van der Waals surface area contributed by atoms with E-state index in [-0.39, 0.29) is 0 Å². The summed E-state index contributed by atoms with van der Waals surface area (Å²) < 4.78 is 5.49. The number of hydrogen-bond acceptors (Lipinski definition) is 4. The molecule has 0 bridgehead atoms. The molecule has 0 amide bonds. The lowest BCUT2D eigenvalue weighted by Gasteiger charge is -2.25. The van der Waals surface area contributed by atoms with E-state index >= 15 is 0 Å². The predicted molar refractivity (Wildman–Crippen MR) is 63.2 cm³/mol. The molecule has 90 valence electrons. The quantitative estimate of drug-likeness (QED) is 0.659. The van der Waals surface area contributed by atoms with Gasteiger partial charge in [-0.1, -0.05) is 0 Å². The van der Waals surface area contributed by atoms with Crippen LogP contribution in [0.25, 0.3) is 0 Å². The van der Waals surface area contributed by atoms with Crippen molar-refractivity contribution in [3.63, 3.8) is 0 Å². The monoisotopic (exact) mass is 215 g/mol. The number of likely N-dealkylation sites (N-methyl/N-ethyl adjacent to an activating group) is 3.